The normalized spacial score (nSPS) is 11.3. The number of aliphatic carboxylic acids is 1. The fourth-order valence-electron chi connectivity index (χ4n) is 2.42. The van der Waals surface area contributed by atoms with Crippen molar-refractivity contribution >= 4 is 5.97 Å². The number of carbonyl (C=O) groups is 1. The topological polar surface area (TPSA) is 66.8 Å². The number of hydrogen-bond acceptors (Lipinski definition) is 3. The van der Waals surface area contributed by atoms with Crippen LogP contribution in [0.15, 0.2) is 42.5 Å². The van der Waals surface area contributed by atoms with E-state index in [0.717, 1.165) is 11.1 Å². The molecule has 0 aliphatic carbocycles. The lowest BCUT2D eigenvalue weighted by atomic mass is 9.92. The van der Waals surface area contributed by atoms with Gasteiger partial charge in [-0.05, 0) is 49.6 Å². The van der Waals surface area contributed by atoms with Gasteiger partial charge in [0.05, 0.1) is 12.0 Å². The van der Waals surface area contributed by atoms with Crippen molar-refractivity contribution in [2.75, 3.05) is 0 Å². The van der Waals surface area contributed by atoms with E-state index in [9.17, 15) is 9.90 Å². The summed E-state index contributed by atoms with van der Waals surface area (Å²) in [5, 5.41) is 19.4. The Morgan fingerprint density at radius 1 is 1.17 bits per heavy atom. The van der Waals surface area contributed by atoms with Crippen molar-refractivity contribution in [3.8, 4) is 5.75 Å². The van der Waals surface area contributed by atoms with Crippen molar-refractivity contribution in [1.82, 2.24) is 0 Å². The van der Waals surface area contributed by atoms with Gasteiger partial charge in [0, 0.05) is 5.56 Å². The van der Waals surface area contributed by atoms with Crippen molar-refractivity contribution in [3.63, 3.8) is 0 Å². The number of carboxylic acid groups (broad SMARTS) is 1. The standard InChI is InChI=1S/C19H22O4/c1-13-9-16(19(2,3)22)17(10-15(13)11-18(20)21)23-12-14-7-5-4-6-8-14/h4-10,22H,11-12H2,1-3H3,(H,20,21). The van der Waals surface area contributed by atoms with Crippen LogP contribution in [-0.2, 0) is 23.4 Å². The molecule has 0 atom stereocenters. The van der Waals surface area contributed by atoms with Gasteiger partial charge in [0.2, 0.25) is 0 Å². The number of rotatable bonds is 6. The largest absolute Gasteiger partial charge is 0.489 e. The molecule has 0 aromatic heterocycles. The molecule has 2 aromatic rings. The molecular weight excluding hydrogens is 292 g/mol. The summed E-state index contributed by atoms with van der Waals surface area (Å²) < 4.78 is 5.87. The Kier molecular flexibility index (Phi) is 5.06. The summed E-state index contributed by atoms with van der Waals surface area (Å²) in [6.45, 7) is 5.58. The second-order valence-electron chi connectivity index (χ2n) is 6.18. The lowest BCUT2D eigenvalue weighted by Crippen LogP contribution is -2.18. The second-order valence-corrected chi connectivity index (χ2v) is 6.18. The molecule has 0 unspecified atom stereocenters. The monoisotopic (exact) mass is 314 g/mol. The maximum Gasteiger partial charge on any atom is 0.307 e. The highest BCUT2D eigenvalue weighted by Crippen LogP contribution is 2.33. The second kappa shape index (κ2) is 6.84. The minimum atomic E-state index is -1.07. The number of carboxylic acids is 1. The van der Waals surface area contributed by atoms with Crippen LogP contribution in [0.3, 0.4) is 0 Å². The van der Waals surface area contributed by atoms with Crippen molar-refractivity contribution in [2.45, 2.75) is 39.4 Å². The van der Waals surface area contributed by atoms with Gasteiger partial charge < -0.3 is 14.9 Å². The maximum atomic E-state index is 11.0. The van der Waals surface area contributed by atoms with Gasteiger partial charge >= 0.3 is 5.97 Å². The molecule has 0 radical (unpaired) electrons. The van der Waals surface area contributed by atoms with E-state index >= 15 is 0 Å². The predicted molar refractivity (Wildman–Crippen MR) is 88.5 cm³/mol. The Bertz CT molecular complexity index is 685. The summed E-state index contributed by atoms with van der Waals surface area (Å²) in [6.07, 6.45) is -0.0698. The fraction of sp³-hybridized carbons (Fsp3) is 0.316. The Morgan fingerprint density at radius 2 is 1.83 bits per heavy atom. The molecular formula is C19H22O4. The molecule has 4 nitrogen and oxygen atoms in total. The molecule has 2 N–H and O–H groups in total. The summed E-state index contributed by atoms with van der Waals surface area (Å²) in [6, 6.07) is 13.2. The molecule has 0 spiro atoms. The van der Waals surface area contributed by atoms with Crippen LogP contribution in [0.4, 0.5) is 0 Å². The average molecular weight is 314 g/mol. The van der Waals surface area contributed by atoms with Crippen LogP contribution in [0, 0.1) is 6.92 Å². The Hall–Kier alpha value is -2.33. The van der Waals surface area contributed by atoms with Gasteiger partial charge in [-0.2, -0.15) is 0 Å². The SMILES string of the molecule is Cc1cc(C(C)(C)O)c(OCc2ccccc2)cc1CC(=O)O. The van der Waals surface area contributed by atoms with E-state index in [-0.39, 0.29) is 6.42 Å². The zero-order chi connectivity index (χ0) is 17.0. The molecule has 2 aromatic carbocycles. The lowest BCUT2D eigenvalue weighted by molar-refractivity contribution is -0.136. The first kappa shape index (κ1) is 17.0. The molecule has 0 bridgehead atoms. The van der Waals surface area contributed by atoms with Crippen molar-refractivity contribution in [2.24, 2.45) is 0 Å². The zero-order valence-electron chi connectivity index (χ0n) is 13.7. The summed E-state index contributed by atoms with van der Waals surface area (Å²) in [7, 11) is 0. The molecule has 0 heterocycles. The number of aryl methyl sites for hydroxylation is 1. The Labute approximate surface area is 136 Å². The quantitative estimate of drug-likeness (QED) is 0.857. The van der Waals surface area contributed by atoms with E-state index < -0.39 is 11.6 Å². The van der Waals surface area contributed by atoms with Crippen molar-refractivity contribution < 1.29 is 19.7 Å². The molecule has 0 fully saturated rings. The summed E-state index contributed by atoms with van der Waals surface area (Å²) >= 11 is 0. The molecule has 0 aliphatic heterocycles. The molecule has 2 rings (SSSR count). The molecule has 0 saturated carbocycles. The highest BCUT2D eigenvalue weighted by molar-refractivity contribution is 5.71. The van der Waals surface area contributed by atoms with Crippen LogP contribution in [-0.4, -0.2) is 16.2 Å². The first-order valence-electron chi connectivity index (χ1n) is 7.52. The van der Waals surface area contributed by atoms with Gasteiger partial charge in [0.25, 0.3) is 0 Å². The van der Waals surface area contributed by atoms with Crippen LogP contribution in [0.25, 0.3) is 0 Å². The van der Waals surface area contributed by atoms with E-state index in [1.54, 1.807) is 26.0 Å². The molecule has 0 saturated heterocycles. The summed E-state index contributed by atoms with van der Waals surface area (Å²) in [5.41, 5.74) is 2.11. The van der Waals surface area contributed by atoms with E-state index in [2.05, 4.69) is 0 Å². The van der Waals surface area contributed by atoms with E-state index in [0.29, 0.717) is 23.5 Å². The number of benzene rings is 2. The van der Waals surface area contributed by atoms with Crippen molar-refractivity contribution in [3.05, 3.63) is 64.7 Å². The number of aliphatic hydroxyl groups is 1. The van der Waals surface area contributed by atoms with Gasteiger partial charge in [-0.25, -0.2) is 0 Å². The van der Waals surface area contributed by atoms with Crippen LogP contribution in [0.5, 0.6) is 5.75 Å². The fourth-order valence-corrected chi connectivity index (χ4v) is 2.42. The van der Waals surface area contributed by atoms with Crippen molar-refractivity contribution in [1.29, 1.82) is 0 Å². The van der Waals surface area contributed by atoms with Crippen LogP contribution >= 0.6 is 0 Å². The smallest absolute Gasteiger partial charge is 0.307 e. The van der Waals surface area contributed by atoms with Gasteiger partial charge in [-0.15, -0.1) is 0 Å². The third-order valence-electron chi connectivity index (χ3n) is 3.68. The van der Waals surface area contributed by atoms with Gasteiger partial charge in [-0.1, -0.05) is 30.3 Å². The maximum absolute atomic E-state index is 11.0. The molecule has 23 heavy (non-hydrogen) atoms. The number of ether oxygens (including phenoxy) is 1. The third kappa shape index (κ3) is 4.57. The van der Waals surface area contributed by atoms with Crippen LogP contribution in [0.1, 0.15) is 36.1 Å². The number of hydrogen-bond donors (Lipinski definition) is 2. The Morgan fingerprint density at radius 3 is 2.39 bits per heavy atom. The highest BCUT2D eigenvalue weighted by Gasteiger charge is 2.23. The van der Waals surface area contributed by atoms with Gasteiger partial charge in [-0.3, -0.25) is 4.79 Å². The average Bonchev–Trinajstić information content (AvgIpc) is 2.47. The van der Waals surface area contributed by atoms with E-state index in [1.807, 2.05) is 37.3 Å². The first-order chi connectivity index (χ1) is 10.8. The minimum absolute atomic E-state index is 0.0698. The molecule has 0 amide bonds. The molecule has 0 aliphatic rings. The van der Waals surface area contributed by atoms with E-state index in [4.69, 9.17) is 9.84 Å². The minimum Gasteiger partial charge on any atom is -0.489 e. The van der Waals surface area contributed by atoms with Crippen LogP contribution in [0.2, 0.25) is 0 Å². The third-order valence-corrected chi connectivity index (χ3v) is 3.68. The van der Waals surface area contributed by atoms with Gasteiger partial charge in [0.1, 0.15) is 12.4 Å². The molecule has 4 heteroatoms. The lowest BCUT2D eigenvalue weighted by Gasteiger charge is -2.23. The molecule has 122 valence electrons. The summed E-state index contributed by atoms with van der Waals surface area (Å²) in [4.78, 5) is 11.0. The summed E-state index contributed by atoms with van der Waals surface area (Å²) in [5.74, 6) is -0.374. The highest BCUT2D eigenvalue weighted by atomic mass is 16.5. The van der Waals surface area contributed by atoms with E-state index in [1.165, 1.54) is 0 Å². The van der Waals surface area contributed by atoms with Gasteiger partial charge in [0.15, 0.2) is 0 Å². The zero-order valence-corrected chi connectivity index (χ0v) is 13.7. The predicted octanol–water partition coefficient (Wildman–Crippen LogP) is 3.43. The van der Waals surface area contributed by atoms with Crippen LogP contribution < -0.4 is 4.74 Å². The first-order valence-corrected chi connectivity index (χ1v) is 7.52. The Balaban J connectivity index is 2.35.